The van der Waals surface area contributed by atoms with Crippen LogP contribution in [0.5, 0.6) is 0 Å². The second-order valence-corrected chi connectivity index (χ2v) is 5.26. The van der Waals surface area contributed by atoms with Gasteiger partial charge < -0.3 is 10.5 Å². The summed E-state index contributed by atoms with van der Waals surface area (Å²) in [7, 11) is 0. The Morgan fingerprint density at radius 2 is 2.26 bits per heavy atom. The molecule has 1 fully saturated rings. The molecule has 1 heterocycles. The Balaban J connectivity index is 2.33. The van der Waals surface area contributed by atoms with E-state index < -0.39 is 0 Å². The van der Waals surface area contributed by atoms with Crippen molar-refractivity contribution in [3.05, 3.63) is 34.6 Å². The van der Waals surface area contributed by atoms with Crippen LogP contribution in [-0.4, -0.2) is 37.2 Å². The molecule has 0 aromatic heterocycles. The van der Waals surface area contributed by atoms with Gasteiger partial charge in [0.05, 0.1) is 18.8 Å². The lowest BCUT2D eigenvalue weighted by atomic mass is 9.97. The van der Waals surface area contributed by atoms with Crippen LogP contribution in [0.4, 0.5) is 4.39 Å². The lowest BCUT2D eigenvalue weighted by molar-refractivity contribution is -0.0676. The van der Waals surface area contributed by atoms with E-state index in [9.17, 15) is 4.39 Å². The number of halogens is 2. The molecule has 2 unspecified atom stereocenters. The molecule has 2 rings (SSSR count). The first-order valence-corrected chi connectivity index (χ1v) is 7.05. The smallest absolute Gasteiger partial charge is 0.125 e. The zero-order valence-corrected chi connectivity index (χ0v) is 11.9. The van der Waals surface area contributed by atoms with Crippen LogP contribution in [0.1, 0.15) is 24.9 Å². The molecule has 1 aromatic carbocycles. The number of morpholine rings is 1. The molecule has 106 valence electrons. The number of rotatable bonds is 4. The predicted molar refractivity (Wildman–Crippen MR) is 74.8 cm³/mol. The minimum atomic E-state index is -0.319. The van der Waals surface area contributed by atoms with E-state index in [4.69, 9.17) is 22.1 Å². The molecule has 19 heavy (non-hydrogen) atoms. The van der Waals surface area contributed by atoms with Gasteiger partial charge in [0.2, 0.25) is 0 Å². The Kier molecular flexibility index (Phi) is 5.16. The van der Waals surface area contributed by atoms with Crippen molar-refractivity contribution in [3.63, 3.8) is 0 Å². The van der Waals surface area contributed by atoms with Crippen molar-refractivity contribution in [1.29, 1.82) is 0 Å². The molecule has 0 bridgehead atoms. The molecule has 1 aliphatic heterocycles. The molecule has 0 saturated carbocycles. The van der Waals surface area contributed by atoms with Gasteiger partial charge in [-0.2, -0.15) is 0 Å². The molecular weight excluding hydrogens is 267 g/mol. The summed E-state index contributed by atoms with van der Waals surface area (Å²) in [6.45, 7) is 4.99. The minimum Gasteiger partial charge on any atom is -0.374 e. The topological polar surface area (TPSA) is 38.5 Å². The van der Waals surface area contributed by atoms with Crippen molar-refractivity contribution in [2.75, 3.05) is 26.2 Å². The molecule has 2 N–H and O–H groups in total. The van der Waals surface area contributed by atoms with E-state index >= 15 is 0 Å². The molecular formula is C14H20ClFN2O. The van der Waals surface area contributed by atoms with Gasteiger partial charge in [-0.3, -0.25) is 4.90 Å². The Labute approximate surface area is 118 Å². The number of benzene rings is 1. The van der Waals surface area contributed by atoms with Gasteiger partial charge in [0.15, 0.2) is 0 Å². The number of nitrogens with two attached hydrogens (primary N) is 1. The van der Waals surface area contributed by atoms with Gasteiger partial charge >= 0.3 is 0 Å². The van der Waals surface area contributed by atoms with Crippen molar-refractivity contribution in [3.8, 4) is 0 Å². The van der Waals surface area contributed by atoms with Crippen LogP contribution in [0.3, 0.4) is 0 Å². The second-order valence-electron chi connectivity index (χ2n) is 4.83. The SMILES string of the molecule is CCCN1CCOC(CN)C1c1cc(F)cc(Cl)c1. The predicted octanol–water partition coefficient (Wildman–Crippen LogP) is 2.59. The van der Waals surface area contributed by atoms with Crippen molar-refractivity contribution in [2.24, 2.45) is 5.73 Å². The van der Waals surface area contributed by atoms with E-state index in [1.165, 1.54) is 12.1 Å². The van der Waals surface area contributed by atoms with Crippen molar-refractivity contribution in [1.82, 2.24) is 4.90 Å². The molecule has 2 atom stereocenters. The van der Waals surface area contributed by atoms with Gasteiger partial charge in [-0.1, -0.05) is 18.5 Å². The number of ether oxygens (including phenoxy) is 1. The van der Waals surface area contributed by atoms with E-state index in [-0.39, 0.29) is 18.0 Å². The summed E-state index contributed by atoms with van der Waals surface area (Å²) in [6, 6.07) is 4.62. The highest BCUT2D eigenvalue weighted by molar-refractivity contribution is 6.30. The van der Waals surface area contributed by atoms with Crippen molar-refractivity contribution < 1.29 is 9.13 Å². The monoisotopic (exact) mass is 286 g/mol. The zero-order chi connectivity index (χ0) is 13.8. The normalized spacial score (nSPS) is 24.6. The minimum absolute atomic E-state index is 0.0214. The summed E-state index contributed by atoms with van der Waals surface area (Å²) in [4.78, 5) is 2.30. The fourth-order valence-corrected chi connectivity index (χ4v) is 2.92. The Morgan fingerprint density at radius 3 is 2.89 bits per heavy atom. The Bertz CT molecular complexity index is 408. The summed E-state index contributed by atoms with van der Waals surface area (Å²) in [5.41, 5.74) is 6.63. The molecule has 0 amide bonds. The van der Waals surface area contributed by atoms with Crippen molar-refractivity contribution in [2.45, 2.75) is 25.5 Å². The van der Waals surface area contributed by atoms with Gasteiger partial charge in [-0.15, -0.1) is 0 Å². The third-order valence-electron chi connectivity index (χ3n) is 3.43. The summed E-state index contributed by atoms with van der Waals surface area (Å²) in [5, 5.41) is 0.410. The first kappa shape index (κ1) is 14.7. The molecule has 0 radical (unpaired) electrons. The van der Waals surface area contributed by atoms with Gasteiger partial charge in [-0.25, -0.2) is 4.39 Å². The van der Waals surface area contributed by atoms with E-state index in [0.29, 0.717) is 18.2 Å². The third kappa shape index (κ3) is 3.45. The quantitative estimate of drug-likeness (QED) is 0.925. The van der Waals surface area contributed by atoms with Crippen LogP contribution in [-0.2, 0) is 4.74 Å². The molecule has 1 saturated heterocycles. The van der Waals surface area contributed by atoms with Crippen LogP contribution in [0, 0.1) is 5.82 Å². The summed E-state index contributed by atoms with van der Waals surface area (Å²) in [5.74, 6) is -0.319. The van der Waals surface area contributed by atoms with Crippen LogP contribution in [0.25, 0.3) is 0 Å². The average Bonchev–Trinajstić information content (AvgIpc) is 2.37. The lowest BCUT2D eigenvalue weighted by Gasteiger charge is -2.41. The fourth-order valence-electron chi connectivity index (χ4n) is 2.69. The van der Waals surface area contributed by atoms with Crippen molar-refractivity contribution >= 4 is 11.6 Å². The first-order valence-electron chi connectivity index (χ1n) is 6.67. The van der Waals surface area contributed by atoms with Crippen LogP contribution < -0.4 is 5.73 Å². The van der Waals surface area contributed by atoms with E-state index in [0.717, 1.165) is 25.1 Å². The molecule has 1 aromatic rings. The van der Waals surface area contributed by atoms with Gasteiger partial charge in [-0.05, 0) is 36.7 Å². The van der Waals surface area contributed by atoms with Gasteiger partial charge in [0.25, 0.3) is 0 Å². The number of nitrogens with zero attached hydrogens (tertiary/aromatic N) is 1. The number of hydrogen-bond acceptors (Lipinski definition) is 3. The highest BCUT2D eigenvalue weighted by Crippen LogP contribution is 2.31. The highest BCUT2D eigenvalue weighted by atomic mass is 35.5. The van der Waals surface area contributed by atoms with Gasteiger partial charge in [0, 0.05) is 18.1 Å². The molecule has 3 nitrogen and oxygen atoms in total. The van der Waals surface area contributed by atoms with Crippen LogP contribution in [0.2, 0.25) is 5.02 Å². The number of hydrogen-bond donors (Lipinski definition) is 1. The maximum Gasteiger partial charge on any atom is 0.125 e. The van der Waals surface area contributed by atoms with E-state index in [2.05, 4.69) is 11.8 Å². The van der Waals surface area contributed by atoms with E-state index in [1.807, 2.05) is 0 Å². The van der Waals surface area contributed by atoms with Crippen LogP contribution in [0.15, 0.2) is 18.2 Å². The summed E-state index contributed by atoms with van der Waals surface area (Å²) in [6.07, 6.45) is 0.926. The highest BCUT2D eigenvalue weighted by Gasteiger charge is 2.32. The van der Waals surface area contributed by atoms with Gasteiger partial charge in [0.1, 0.15) is 5.82 Å². The zero-order valence-electron chi connectivity index (χ0n) is 11.1. The van der Waals surface area contributed by atoms with Crippen LogP contribution >= 0.6 is 11.6 Å². The lowest BCUT2D eigenvalue weighted by Crippen LogP contribution is -2.48. The maximum atomic E-state index is 13.6. The molecule has 1 aliphatic rings. The maximum absolute atomic E-state index is 13.6. The summed E-state index contributed by atoms with van der Waals surface area (Å²) < 4.78 is 19.3. The first-order chi connectivity index (χ1) is 9.15. The molecule has 0 spiro atoms. The molecule has 5 heteroatoms. The average molecular weight is 287 g/mol. The summed E-state index contributed by atoms with van der Waals surface area (Å²) >= 11 is 5.95. The third-order valence-corrected chi connectivity index (χ3v) is 3.64. The fraction of sp³-hybridized carbons (Fsp3) is 0.571. The second kappa shape index (κ2) is 6.66. The van der Waals surface area contributed by atoms with E-state index in [1.54, 1.807) is 6.07 Å². The molecule has 0 aliphatic carbocycles. The standard InChI is InChI=1S/C14H20ClFN2O/c1-2-3-18-4-5-19-13(9-17)14(18)10-6-11(15)8-12(16)7-10/h6-8,13-14H,2-5,9,17H2,1H3. The largest absolute Gasteiger partial charge is 0.374 e. The Hall–Kier alpha value is -0.680. The Morgan fingerprint density at radius 1 is 1.47 bits per heavy atom.